The molecule has 0 spiro atoms. The third kappa shape index (κ3) is 3.27. The number of hydrogen-bond donors (Lipinski definition) is 1. The number of benzene rings is 1. The van der Waals surface area contributed by atoms with Crippen LogP contribution in [0.2, 0.25) is 0 Å². The van der Waals surface area contributed by atoms with Crippen LogP contribution in [0.1, 0.15) is 24.5 Å². The Labute approximate surface area is 89.7 Å². The van der Waals surface area contributed by atoms with Gasteiger partial charge in [0, 0.05) is 0 Å². The monoisotopic (exact) mass is 208 g/mol. The van der Waals surface area contributed by atoms with Crippen LogP contribution in [0.5, 0.6) is 5.75 Å². The lowest BCUT2D eigenvalue weighted by molar-refractivity contribution is -0.138. The first-order chi connectivity index (χ1) is 7.00. The Morgan fingerprint density at radius 1 is 1.40 bits per heavy atom. The fourth-order valence-corrected chi connectivity index (χ4v) is 1.47. The molecule has 0 aromatic heterocycles. The summed E-state index contributed by atoms with van der Waals surface area (Å²) in [6, 6.07) is 5.87. The van der Waals surface area contributed by atoms with E-state index < -0.39 is 5.97 Å². The van der Waals surface area contributed by atoms with E-state index in [1.807, 2.05) is 32.0 Å². The van der Waals surface area contributed by atoms with Crippen molar-refractivity contribution in [3.05, 3.63) is 29.3 Å². The lowest BCUT2D eigenvalue weighted by Crippen LogP contribution is -2.17. The zero-order valence-electron chi connectivity index (χ0n) is 9.28. The molecule has 0 heterocycles. The Bertz CT molecular complexity index is 338. The summed E-state index contributed by atoms with van der Waals surface area (Å²) >= 11 is 0. The summed E-state index contributed by atoms with van der Waals surface area (Å²) in [4.78, 5) is 10.5. The zero-order chi connectivity index (χ0) is 11.4. The fourth-order valence-electron chi connectivity index (χ4n) is 1.47. The Hall–Kier alpha value is -1.51. The summed E-state index contributed by atoms with van der Waals surface area (Å²) < 4.78 is 5.61. The van der Waals surface area contributed by atoms with Gasteiger partial charge in [-0.1, -0.05) is 18.2 Å². The Balaban J connectivity index is 2.76. The molecule has 0 aliphatic rings. The lowest BCUT2D eigenvalue weighted by Gasteiger charge is -2.16. The molecular weight excluding hydrogens is 192 g/mol. The van der Waals surface area contributed by atoms with Crippen molar-refractivity contribution in [2.24, 2.45) is 0 Å². The average Bonchev–Trinajstić information content (AvgIpc) is 2.10. The number of carbonyl (C=O) groups is 1. The van der Waals surface area contributed by atoms with Crippen LogP contribution < -0.4 is 4.74 Å². The van der Waals surface area contributed by atoms with Crippen molar-refractivity contribution in [3.8, 4) is 5.75 Å². The number of carboxylic acids is 1. The largest absolute Gasteiger partial charge is 0.490 e. The first kappa shape index (κ1) is 11.6. The molecule has 1 aromatic rings. The van der Waals surface area contributed by atoms with Crippen LogP contribution in [0.3, 0.4) is 0 Å². The van der Waals surface area contributed by atoms with E-state index in [4.69, 9.17) is 9.84 Å². The molecule has 1 aromatic carbocycles. The summed E-state index contributed by atoms with van der Waals surface area (Å²) in [5.41, 5.74) is 2.07. The van der Waals surface area contributed by atoms with Crippen molar-refractivity contribution in [3.63, 3.8) is 0 Å². The molecule has 0 saturated heterocycles. The smallest absolute Gasteiger partial charge is 0.307 e. The summed E-state index contributed by atoms with van der Waals surface area (Å²) in [6.45, 7) is 5.67. The van der Waals surface area contributed by atoms with Gasteiger partial charge in [0.05, 0.1) is 6.42 Å². The number of ether oxygens (including phenoxy) is 1. The van der Waals surface area contributed by atoms with Crippen LogP contribution in [0, 0.1) is 13.8 Å². The number of rotatable bonds is 4. The van der Waals surface area contributed by atoms with Crippen LogP contribution in [0.4, 0.5) is 0 Å². The van der Waals surface area contributed by atoms with Gasteiger partial charge in [0.15, 0.2) is 0 Å². The molecule has 0 amide bonds. The molecule has 1 N–H and O–H groups in total. The van der Waals surface area contributed by atoms with Gasteiger partial charge < -0.3 is 9.84 Å². The Morgan fingerprint density at radius 2 is 1.93 bits per heavy atom. The van der Waals surface area contributed by atoms with Crippen molar-refractivity contribution in [2.75, 3.05) is 0 Å². The molecule has 3 nitrogen and oxygen atoms in total. The molecule has 0 bridgehead atoms. The number of aryl methyl sites for hydroxylation is 2. The molecule has 1 unspecified atom stereocenters. The van der Waals surface area contributed by atoms with Gasteiger partial charge in [0.25, 0.3) is 0 Å². The molecule has 1 atom stereocenters. The van der Waals surface area contributed by atoms with Crippen molar-refractivity contribution < 1.29 is 14.6 Å². The molecule has 15 heavy (non-hydrogen) atoms. The minimum absolute atomic E-state index is 0.0216. The highest BCUT2D eigenvalue weighted by Gasteiger charge is 2.11. The van der Waals surface area contributed by atoms with Crippen molar-refractivity contribution in [1.82, 2.24) is 0 Å². The maximum absolute atomic E-state index is 10.5. The molecule has 0 fully saturated rings. The first-order valence-electron chi connectivity index (χ1n) is 4.95. The summed E-state index contributed by atoms with van der Waals surface area (Å²) in [6.07, 6.45) is -0.282. The van der Waals surface area contributed by atoms with E-state index in [1.54, 1.807) is 6.92 Å². The third-order valence-electron chi connectivity index (χ3n) is 2.19. The van der Waals surface area contributed by atoms with E-state index in [2.05, 4.69) is 0 Å². The van der Waals surface area contributed by atoms with Crippen LogP contribution in [-0.2, 0) is 4.79 Å². The highest BCUT2D eigenvalue weighted by Crippen LogP contribution is 2.23. The van der Waals surface area contributed by atoms with Gasteiger partial charge in [-0.3, -0.25) is 4.79 Å². The Morgan fingerprint density at radius 3 is 2.40 bits per heavy atom. The van der Waals surface area contributed by atoms with Gasteiger partial charge in [0.2, 0.25) is 0 Å². The maximum atomic E-state index is 10.5. The number of para-hydroxylation sites is 1. The normalized spacial score (nSPS) is 12.2. The molecule has 0 saturated carbocycles. The topological polar surface area (TPSA) is 46.5 Å². The van der Waals surface area contributed by atoms with Crippen LogP contribution in [0.25, 0.3) is 0 Å². The second kappa shape index (κ2) is 4.82. The molecule has 3 heteroatoms. The van der Waals surface area contributed by atoms with E-state index in [0.29, 0.717) is 0 Å². The van der Waals surface area contributed by atoms with Crippen LogP contribution in [0.15, 0.2) is 18.2 Å². The second-order valence-corrected chi connectivity index (χ2v) is 3.75. The zero-order valence-corrected chi connectivity index (χ0v) is 9.28. The highest BCUT2D eigenvalue weighted by atomic mass is 16.5. The number of hydrogen-bond acceptors (Lipinski definition) is 2. The van der Waals surface area contributed by atoms with Gasteiger partial charge >= 0.3 is 5.97 Å². The molecule has 0 aliphatic carbocycles. The van der Waals surface area contributed by atoms with E-state index in [-0.39, 0.29) is 12.5 Å². The van der Waals surface area contributed by atoms with Crippen molar-refractivity contribution >= 4 is 5.97 Å². The number of aliphatic carboxylic acids is 1. The van der Waals surface area contributed by atoms with Gasteiger partial charge in [-0.05, 0) is 31.9 Å². The van der Waals surface area contributed by atoms with Crippen molar-refractivity contribution in [2.45, 2.75) is 33.3 Å². The Kier molecular flexibility index (Phi) is 3.72. The predicted octanol–water partition coefficient (Wildman–Crippen LogP) is 2.55. The molecule has 82 valence electrons. The van der Waals surface area contributed by atoms with Gasteiger partial charge in [-0.15, -0.1) is 0 Å². The molecular formula is C12H16O3. The van der Waals surface area contributed by atoms with Crippen LogP contribution in [-0.4, -0.2) is 17.2 Å². The first-order valence-corrected chi connectivity index (χ1v) is 4.95. The molecule has 1 rings (SSSR count). The van der Waals surface area contributed by atoms with E-state index in [0.717, 1.165) is 16.9 Å². The quantitative estimate of drug-likeness (QED) is 0.827. The van der Waals surface area contributed by atoms with Gasteiger partial charge in [-0.2, -0.15) is 0 Å². The summed E-state index contributed by atoms with van der Waals surface area (Å²) in [7, 11) is 0. The molecule has 0 radical (unpaired) electrons. The SMILES string of the molecule is Cc1cccc(C)c1OC(C)CC(=O)O. The van der Waals surface area contributed by atoms with Gasteiger partial charge in [-0.25, -0.2) is 0 Å². The van der Waals surface area contributed by atoms with E-state index in [9.17, 15) is 4.79 Å². The molecule has 0 aliphatic heterocycles. The average molecular weight is 208 g/mol. The fraction of sp³-hybridized carbons (Fsp3) is 0.417. The number of carboxylic acid groups (broad SMARTS) is 1. The lowest BCUT2D eigenvalue weighted by atomic mass is 10.1. The maximum Gasteiger partial charge on any atom is 0.307 e. The second-order valence-electron chi connectivity index (χ2n) is 3.75. The third-order valence-corrected chi connectivity index (χ3v) is 2.19. The minimum atomic E-state index is -0.839. The minimum Gasteiger partial charge on any atom is -0.490 e. The van der Waals surface area contributed by atoms with E-state index >= 15 is 0 Å². The predicted molar refractivity (Wildman–Crippen MR) is 58.3 cm³/mol. The van der Waals surface area contributed by atoms with Crippen LogP contribution >= 0.6 is 0 Å². The van der Waals surface area contributed by atoms with Gasteiger partial charge in [0.1, 0.15) is 11.9 Å². The van der Waals surface area contributed by atoms with E-state index in [1.165, 1.54) is 0 Å². The van der Waals surface area contributed by atoms with Crippen molar-refractivity contribution in [1.29, 1.82) is 0 Å². The summed E-state index contributed by atoms with van der Waals surface area (Å²) in [5.74, 6) is -0.0417. The highest BCUT2D eigenvalue weighted by molar-refractivity contribution is 5.67. The standard InChI is InChI=1S/C12H16O3/c1-8-5-4-6-9(2)12(8)15-10(3)7-11(13)14/h4-6,10H,7H2,1-3H3,(H,13,14). The summed E-state index contributed by atoms with van der Waals surface area (Å²) in [5, 5.41) is 8.62.